The number of carboxylic acids is 1. The van der Waals surface area contributed by atoms with Gasteiger partial charge in [-0.3, -0.25) is 9.59 Å². The van der Waals surface area contributed by atoms with Crippen LogP contribution in [0.25, 0.3) is 0 Å². The Balaban J connectivity index is 1.43. The summed E-state index contributed by atoms with van der Waals surface area (Å²) in [5, 5.41) is 13.0. The van der Waals surface area contributed by atoms with Gasteiger partial charge in [-0.15, -0.1) is 0 Å². The highest BCUT2D eigenvalue weighted by Crippen LogP contribution is 2.52. The monoisotopic (exact) mass is 512 g/mol. The number of amides is 2. The van der Waals surface area contributed by atoms with Crippen molar-refractivity contribution < 1.29 is 24.2 Å². The number of benzene rings is 2. The number of carbonyl (C=O) groups is 3. The Kier molecular flexibility index (Phi) is 7.06. The fourth-order valence-corrected chi connectivity index (χ4v) is 5.86. The minimum Gasteiger partial charge on any atom is -0.483 e. The van der Waals surface area contributed by atoms with Crippen molar-refractivity contribution >= 4 is 29.4 Å². The molecule has 2 aromatic carbocycles. The van der Waals surface area contributed by atoms with Crippen LogP contribution >= 0.6 is 11.6 Å². The Labute approximate surface area is 216 Å². The first-order valence-electron chi connectivity index (χ1n) is 12.3. The van der Waals surface area contributed by atoms with Gasteiger partial charge < -0.3 is 20.1 Å². The molecule has 7 nitrogen and oxygen atoms in total. The topological polar surface area (TPSA) is 95.9 Å². The minimum atomic E-state index is -1.13. The molecule has 0 aromatic heterocycles. The van der Waals surface area contributed by atoms with Gasteiger partial charge in [-0.1, -0.05) is 63.6 Å². The zero-order chi connectivity index (χ0) is 26.3. The van der Waals surface area contributed by atoms with Gasteiger partial charge in [0.1, 0.15) is 16.9 Å². The van der Waals surface area contributed by atoms with E-state index in [1.807, 2.05) is 30.9 Å². The van der Waals surface area contributed by atoms with Crippen LogP contribution in [0.2, 0.25) is 5.02 Å². The molecule has 1 saturated carbocycles. The molecule has 1 aliphatic heterocycles. The number of nitrogens with one attached hydrogen (secondary N) is 1. The number of carbonyl (C=O) groups excluding carboxylic acids is 2. The molecule has 3 unspecified atom stereocenters. The lowest BCUT2D eigenvalue weighted by Crippen LogP contribution is -2.57. The maximum atomic E-state index is 13.8. The molecule has 2 N–H and O–H groups in total. The first-order valence-corrected chi connectivity index (χ1v) is 12.7. The Morgan fingerprint density at radius 1 is 1.08 bits per heavy atom. The lowest BCUT2D eigenvalue weighted by molar-refractivity contribution is -0.142. The lowest BCUT2D eigenvalue weighted by Gasteiger charge is -2.45. The molecule has 2 aliphatic rings. The molecular weight excluding hydrogens is 480 g/mol. The summed E-state index contributed by atoms with van der Waals surface area (Å²) in [4.78, 5) is 39.9. The molecule has 0 spiro atoms. The van der Waals surface area contributed by atoms with E-state index in [2.05, 4.69) is 31.3 Å². The van der Waals surface area contributed by atoms with Gasteiger partial charge in [0, 0.05) is 18.1 Å². The van der Waals surface area contributed by atoms with Gasteiger partial charge in [0.2, 0.25) is 5.91 Å². The van der Waals surface area contributed by atoms with Crippen molar-refractivity contribution in [2.45, 2.75) is 45.6 Å². The normalized spacial score (nSPS) is 26.7. The highest BCUT2D eigenvalue weighted by molar-refractivity contribution is 6.30. The van der Waals surface area contributed by atoms with Crippen molar-refractivity contribution in [3.05, 3.63) is 64.7 Å². The number of para-hydroxylation sites is 1. The number of nitrogens with zero attached hydrogens (tertiary/aromatic N) is 1. The third kappa shape index (κ3) is 4.81. The van der Waals surface area contributed by atoms with E-state index in [4.69, 9.17) is 16.3 Å². The fourth-order valence-electron chi connectivity index (χ4n) is 5.73. The van der Waals surface area contributed by atoms with Gasteiger partial charge >= 0.3 is 5.97 Å². The fraction of sp³-hybridized carbons (Fsp3) is 0.464. The van der Waals surface area contributed by atoms with Gasteiger partial charge in [0.05, 0.1) is 0 Å². The van der Waals surface area contributed by atoms with Crippen LogP contribution in [0.4, 0.5) is 0 Å². The number of aromatic carboxylic acids is 1. The summed E-state index contributed by atoms with van der Waals surface area (Å²) in [6.45, 7) is 9.09. The van der Waals surface area contributed by atoms with E-state index in [0.29, 0.717) is 24.0 Å². The van der Waals surface area contributed by atoms with Gasteiger partial charge in [0.15, 0.2) is 6.61 Å². The number of rotatable bonds is 7. The Morgan fingerprint density at radius 2 is 1.72 bits per heavy atom. The molecule has 1 saturated heterocycles. The van der Waals surface area contributed by atoms with Crippen molar-refractivity contribution in [3.8, 4) is 5.75 Å². The molecule has 36 heavy (non-hydrogen) atoms. The second-order valence-corrected chi connectivity index (χ2v) is 11.1. The smallest absolute Gasteiger partial charge is 0.339 e. The molecule has 2 amide bonds. The summed E-state index contributed by atoms with van der Waals surface area (Å²) < 4.78 is 5.51. The number of ether oxygens (including phenoxy) is 1. The van der Waals surface area contributed by atoms with E-state index >= 15 is 0 Å². The summed E-state index contributed by atoms with van der Waals surface area (Å²) in [5.74, 6) is -1.27. The molecule has 0 bridgehead atoms. The molecule has 8 heteroatoms. The predicted octanol–water partition coefficient (Wildman–Crippen LogP) is 4.60. The van der Waals surface area contributed by atoms with Crippen LogP contribution in [0.15, 0.2) is 48.5 Å². The number of halogens is 1. The average molecular weight is 513 g/mol. The number of piperidine rings is 1. The maximum absolute atomic E-state index is 13.8. The van der Waals surface area contributed by atoms with Gasteiger partial charge in [0.25, 0.3) is 5.91 Å². The molecule has 4 rings (SSSR count). The van der Waals surface area contributed by atoms with Crippen molar-refractivity contribution in [2.75, 3.05) is 19.7 Å². The Bertz CT molecular complexity index is 1150. The molecule has 2 fully saturated rings. The number of likely N-dealkylation sites (tertiary alicyclic amines) is 1. The second-order valence-electron chi connectivity index (χ2n) is 10.7. The molecule has 2 aromatic rings. The van der Waals surface area contributed by atoms with Crippen molar-refractivity contribution in [3.63, 3.8) is 0 Å². The second kappa shape index (κ2) is 9.77. The Morgan fingerprint density at radius 3 is 2.31 bits per heavy atom. The maximum Gasteiger partial charge on any atom is 0.339 e. The van der Waals surface area contributed by atoms with Crippen molar-refractivity contribution in [1.29, 1.82) is 0 Å². The van der Waals surface area contributed by atoms with Crippen molar-refractivity contribution in [2.24, 2.45) is 17.3 Å². The first kappa shape index (κ1) is 26.0. The SMILES string of the molecule is CC1C(C)C1(NC(=O)COc1ccccc1C(=O)O)C(=O)N1CCC(c2ccc(Cl)cc2)C(C)(C)C1. The largest absolute Gasteiger partial charge is 0.483 e. The molecule has 0 radical (unpaired) electrons. The summed E-state index contributed by atoms with van der Waals surface area (Å²) in [6.07, 6.45) is 0.822. The summed E-state index contributed by atoms with van der Waals surface area (Å²) in [7, 11) is 0. The highest BCUT2D eigenvalue weighted by atomic mass is 35.5. The van der Waals surface area contributed by atoms with E-state index in [1.54, 1.807) is 12.1 Å². The first-order chi connectivity index (χ1) is 17.0. The van der Waals surface area contributed by atoms with Crippen LogP contribution in [0.5, 0.6) is 5.75 Å². The zero-order valence-electron chi connectivity index (χ0n) is 21.1. The summed E-state index contributed by atoms with van der Waals surface area (Å²) in [6, 6.07) is 14.1. The number of carboxylic acid groups (broad SMARTS) is 1. The summed E-state index contributed by atoms with van der Waals surface area (Å²) >= 11 is 6.07. The minimum absolute atomic E-state index is 0.0163. The van der Waals surface area contributed by atoms with Crippen LogP contribution in [0.3, 0.4) is 0 Å². The standard InChI is InChI=1S/C28H33ClN2O5/c1-17-18(2)28(17,30-24(32)15-36-23-8-6-5-7-21(23)25(33)34)26(35)31-14-13-22(27(3,4)16-31)19-9-11-20(29)12-10-19/h5-12,17-18,22H,13-16H2,1-4H3,(H,30,32)(H,33,34). The van der Waals surface area contributed by atoms with E-state index in [9.17, 15) is 19.5 Å². The average Bonchev–Trinajstić information content (AvgIpc) is 3.36. The van der Waals surface area contributed by atoms with Crippen LogP contribution < -0.4 is 10.1 Å². The number of hydrogen-bond donors (Lipinski definition) is 2. The van der Waals surface area contributed by atoms with Crippen molar-refractivity contribution in [1.82, 2.24) is 10.2 Å². The quantitative estimate of drug-likeness (QED) is 0.565. The van der Waals surface area contributed by atoms with E-state index < -0.39 is 17.4 Å². The van der Waals surface area contributed by atoms with Crippen LogP contribution in [0.1, 0.15) is 56.0 Å². The third-order valence-corrected chi connectivity index (χ3v) is 8.29. The number of hydrogen-bond acceptors (Lipinski definition) is 4. The lowest BCUT2D eigenvalue weighted by atomic mass is 9.70. The molecular formula is C28H33ClN2O5. The molecule has 3 atom stereocenters. The van der Waals surface area contributed by atoms with Crippen LogP contribution in [-0.2, 0) is 9.59 Å². The molecule has 1 heterocycles. The summed E-state index contributed by atoms with van der Waals surface area (Å²) in [5.41, 5.74) is 0.0648. The van der Waals surface area contributed by atoms with Crippen LogP contribution in [-0.4, -0.2) is 53.0 Å². The van der Waals surface area contributed by atoms with E-state index in [1.165, 1.54) is 17.7 Å². The van der Waals surface area contributed by atoms with Gasteiger partial charge in [-0.2, -0.15) is 0 Å². The zero-order valence-corrected chi connectivity index (χ0v) is 21.8. The molecule has 192 valence electrons. The third-order valence-electron chi connectivity index (χ3n) is 8.04. The van der Waals surface area contributed by atoms with Gasteiger partial charge in [-0.25, -0.2) is 4.79 Å². The van der Waals surface area contributed by atoms with Crippen LogP contribution in [0, 0.1) is 17.3 Å². The highest BCUT2D eigenvalue weighted by Gasteiger charge is 2.67. The van der Waals surface area contributed by atoms with E-state index in [-0.39, 0.29) is 41.1 Å². The Hall–Kier alpha value is -3.06. The van der Waals surface area contributed by atoms with E-state index in [0.717, 1.165) is 6.42 Å². The predicted molar refractivity (Wildman–Crippen MR) is 137 cm³/mol. The molecule has 1 aliphatic carbocycles. The van der Waals surface area contributed by atoms with Gasteiger partial charge in [-0.05, 0) is 59.4 Å².